The van der Waals surface area contributed by atoms with Gasteiger partial charge in [0.15, 0.2) is 0 Å². The lowest BCUT2D eigenvalue weighted by Gasteiger charge is -2.33. The fourth-order valence-electron chi connectivity index (χ4n) is 2.46. The molecule has 0 radical (unpaired) electrons. The highest BCUT2D eigenvalue weighted by atomic mass is 16.7. The number of rotatable bonds is 1. The molecule has 2 aliphatic rings. The van der Waals surface area contributed by atoms with E-state index in [9.17, 15) is 5.11 Å². The second-order valence-corrected chi connectivity index (χ2v) is 6.25. The van der Waals surface area contributed by atoms with Gasteiger partial charge in [0.2, 0.25) is 0 Å². The minimum Gasteiger partial charge on any atom is -0.401 e. The molecule has 0 aromatic heterocycles. The zero-order chi connectivity index (χ0) is 12.0. The first-order valence-electron chi connectivity index (χ1n) is 6.35. The van der Waals surface area contributed by atoms with E-state index in [2.05, 4.69) is 0 Å². The van der Waals surface area contributed by atoms with Gasteiger partial charge in [-0.15, -0.1) is 0 Å². The lowest BCUT2D eigenvalue weighted by molar-refractivity contribution is 0.00578. The average molecular weight is 226 g/mol. The van der Waals surface area contributed by atoms with Crippen LogP contribution in [0.2, 0.25) is 0 Å². The molecule has 2 rings (SSSR count). The quantitative estimate of drug-likeness (QED) is 0.697. The summed E-state index contributed by atoms with van der Waals surface area (Å²) in [5.74, 6) is 0. The Morgan fingerprint density at radius 3 is 1.75 bits per heavy atom. The van der Waals surface area contributed by atoms with Crippen molar-refractivity contribution in [2.24, 2.45) is 0 Å². The molecule has 1 N–H and O–H groups in total. The van der Waals surface area contributed by atoms with Crippen LogP contribution in [-0.2, 0) is 9.31 Å². The van der Waals surface area contributed by atoms with Gasteiger partial charge >= 0.3 is 7.12 Å². The Labute approximate surface area is 98.7 Å². The van der Waals surface area contributed by atoms with E-state index in [1.165, 1.54) is 6.42 Å². The van der Waals surface area contributed by atoms with E-state index in [0.29, 0.717) is 0 Å². The molecule has 0 bridgehead atoms. The van der Waals surface area contributed by atoms with Gasteiger partial charge in [0.05, 0.1) is 11.2 Å². The van der Waals surface area contributed by atoms with Crippen molar-refractivity contribution in [2.75, 3.05) is 0 Å². The van der Waals surface area contributed by atoms with Crippen LogP contribution in [0.25, 0.3) is 0 Å². The van der Waals surface area contributed by atoms with E-state index in [4.69, 9.17) is 9.31 Å². The van der Waals surface area contributed by atoms with E-state index >= 15 is 0 Å². The van der Waals surface area contributed by atoms with Crippen LogP contribution in [0.5, 0.6) is 0 Å². The van der Waals surface area contributed by atoms with Crippen LogP contribution in [0.1, 0.15) is 59.8 Å². The molecule has 4 heteroatoms. The first-order valence-corrected chi connectivity index (χ1v) is 6.35. The molecule has 1 aliphatic carbocycles. The molecule has 16 heavy (non-hydrogen) atoms. The molecule has 0 unspecified atom stereocenters. The van der Waals surface area contributed by atoms with Gasteiger partial charge in [-0.2, -0.15) is 0 Å². The van der Waals surface area contributed by atoms with Crippen molar-refractivity contribution >= 4 is 7.12 Å². The van der Waals surface area contributed by atoms with E-state index in [0.717, 1.165) is 25.7 Å². The number of hydrogen-bond acceptors (Lipinski definition) is 3. The molecular formula is C12H23BO3. The van der Waals surface area contributed by atoms with Crippen LogP contribution in [0, 0.1) is 0 Å². The van der Waals surface area contributed by atoms with Crippen molar-refractivity contribution in [3.05, 3.63) is 0 Å². The van der Waals surface area contributed by atoms with Crippen molar-refractivity contribution in [3.8, 4) is 0 Å². The average Bonchev–Trinajstić information content (AvgIpc) is 2.38. The summed E-state index contributed by atoms with van der Waals surface area (Å²) in [6, 6.07) is 0. The van der Waals surface area contributed by atoms with Gasteiger partial charge in [0.1, 0.15) is 5.50 Å². The Balaban J connectivity index is 2.13. The fraction of sp³-hybridized carbons (Fsp3) is 1.00. The Hall–Kier alpha value is -0.0551. The lowest BCUT2D eigenvalue weighted by atomic mass is 9.60. The maximum Gasteiger partial charge on any atom is 0.492 e. The number of aliphatic hydroxyl groups is 1. The number of hydrogen-bond donors (Lipinski definition) is 1. The van der Waals surface area contributed by atoms with E-state index in [-0.39, 0.29) is 11.2 Å². The fourth-order valence-corrected chi connectivity index (χ4v) is 2.46. The monoisotopic (exact) mass is 226 g/mol. The summed E-state index contributed by atoms with van der Waals surface area (Å²) in [5.41, 5.74) is -1.46. The second-order valence-electron chi connectivity index (χ2n) is 6.25. The largest absolute Gasteiger partial charge is 0.492 e. The molecule has 0 amide bonds. The SMILES string of the molecule is CC1(C)OB(C2(O)CCCCC2)OC1(C)C. The molecule has 1 heterocycles. The highest BCUT2D eigenvalue weighted by Crippen LogP contribution is 2.43. The van der Waals surface area contributed by atoms with Crippen LogP contribution in [0.4, 0.5) is 0 Å². The summed E-state index contributed by atoms with van der Waals surface area (Å²) in [4.78, 5) is 0. The van der Waals surface area contributed by atoms with Crippen molar-refractivity contribution in [3.63, 3.8) is 0 Å². The van der Waals surface area contributed by atoms with Crippen molar-refractivity contribution < 1.29 is 14.4 Å². The van der Waals surface area contributed by atoms with Gasteiger partial charge in [-0.05, 0) is 40.5 Å². The molecule has 1 aliphatic heterocycles. The van der Waals surface area contributed by atoms with Crippen LogP contribution < -0.4 is 0 Å². The van der Waals surface area contributed by atoms with Gasteiger partial charge in [-0.25, -0.2) is 0 Å². The summed E-state index contributed by atoms with van der Waals surface area (Å²) in [7, 11) is -0.460. The van der Waals surface area contributed by atoms with Crippen LogP contribution >= 0.6 is 0 Å². The van der Waals surface area contributed by atoms with Crippen LogP contribution in [0.3, 0.4) is 0 Å². The predicted octanol–water partition coefficient (Wildman–Crippen LogP) is 2.31. The zero-order valence-corrected chi connectivity index (χ0v) is 10.9. The van der Waals surface area contributed by atoms with E-state index in [1.807, 2.05) is 27.7 Å². The molecule has 2 fully saturated rings. The zero-order valence-electron chi connectivity index (χ0n) is 10.9. The van der Waals surface area contributed by atoms with Crippen LogP contribution in [0.15, 0.2) is 0 Å². The van der Waals surface area contributed by atoms with E-state index < -0.39 is 12.6 Å². The highest BCUT2D eigenvalue weighted by molar-refractivity contribution is 6.49. The third-order valence-corrected chi connectivity index (χ3v) is 4.41. The molecule has 0 aromatic rings. The first kappa shape index (κ1) is 12.4. The van der Waals surface area contributed by atoms with Gasteiger partial charge < -0.3 is 14.4 Å². The first-order chi connectivity index (χ1) is 7.27. The maximum atomic E-state index is 10.6. The summed E-state index contributed by atoms with van der Waals surface area (Å²) in [6.07, 6.45) is 4.94. The topological polar surface area (TPSA) is 38.7 Å². The molecule has 92 valence electrons. The molecule has 0 atom stereocenters. The molecule has 1 saturated carbocycles. The van der Waals surface area contributed by atoms with Gasteiger partial charge in [0.25, 0.3) is 0 Å². The maximum absolute atomic E-state index is 10.6. The summed E-state index contributed by atoms with van der Waals surface area (Å²) in [5, 5.41) is 10.6. The Kier molecular flexibility index (Phi) is 2.88. The van der Waals surface area contributed by atoms with Crippen molar-refractivity contribution in [1.29, 1.82) is 0 Å². The molecule has 0 aromatic carbocycles. The summed E-state index contributed by atoms with van der Waals surface area (Å²) < 4.78 is 11.9. The van der Waals surface area contributed by atoms with Gasteiger partial charge in [0, 0.05) is 0 Å². The Bertz CT molecular complexity index is 253. The molecule has 3 nitrogen and oxygen atoms in total. The van der Waals surface area contributed by atoms with Gasteiger partial charge in [-0.1, -0.05) is 19.3 Å². The van der Waals surface area contributed by atoms with Crippen molar-refractivity contribution in [2.45, 2.75) is 76.5 Å². The predicted molar refractivity (Wildman–Crippen MR) is 64.1 cm³/mol. The van der Waals surface area contributed by atoms with Crippen LogP contribution in [-0.4, -0.2) is 28.9 Å². The summed E-state index contributed by atoms with van der Waals surface area (Å²) >= 11 is 0. The Morgan fingerprint density at radius 1 is 0.875 bits per heavy atom. The minimum absolute atomic E-state index is 0.342. The highest BCUT2D eigenvalue weighted by Gasteiger charge is 2.59. The van der Waals surface area contributed by atoms with Gasteiger partial charge in [-0.3, -0.25) is 0 Å². The third-order valence-electron chi connectivity index (χ3n) is 4.41. The molecular weight excluding hydrogens is 203 g/mol. The molecule has 0 spiro atoms. The van der Waals surface area contributed by atoms with Crippen molar-refractivity contribution in [1.82, 2.24) is 0 Å². The smallest absolute Gasteiger partial charge is 0.401 e. The van der Waals surface area contributed by atoms with E-state index in [1.54, 1.807) is 0 Å². The summed E-state index contributed by atoms with van der Waals surface area (Å²) in [6.45, 7) is 8.11. The minimum atomic E-state index is -0.775. The Morgan fingerprint density at radius 2 is 1.31 bits per heavy atom. The lowest BCUT2D eigenvalue weighted by Crippen LogP contribution is -2.49. The molecule has 1 saturated heterocycles. The third kappa shape index (κ3) is 1.91. The normalized spacial score (nSPS) is 31.7. The standard InChI is InChI=1S/C12H23BO3/c1-10(2)11(3,4)16-13(15-10)12(14)8-6-5-7-9-12/h14H,5-9H2,1-4H3. The second kappa shape index (κ2) is 3.72.